The summed E-state index contributed by atoms with van der Waals surface area (Å²) in [6, 6.07) is 25.0. The second-order valence-corrected chi connectivity index (χ2v) is 8.46. The van der Waals surface area contributed by atoms with Gasteiger partial charge in [-0.1, -0.05) is 30.3 Å². The van der Waals surface area contributed by atoms with Gasteiger partial charge < -0.3 is 29.0 Å². The third kappa shape index (κ3) is 4.35. The number of fused-ring (bicyclic) bond motifs is 3. The Balaban J connectivity index is 1.57. The van der Waals surface area contributed by atoms with E-state index in [1.165, 1.54) is 0 Å². The minimum Gasteiger partial charge on any atom is -0.494 e. The number of methoxy groups -OCH3 is 2. The molecule has 2 amide bonds. The van der Waals surface area contributed by atoms with E-state index in [2.05, 4.69) is 28.1 Å². The van der Waals surface area contributed by atoms with Gasteiger partial charge >= 0.3 is 6.03 Å². The van der Waals surface area contributed by atoms with Crippen LogP contribution in [0.25, 0.3) is 5.69 Å². The van der Waals surface area contributed by atoms with E-state index >= 15 is 0 Å². The summed E-state index contributed by atoms with van der Waals surface area (Å²) in [5.41, 5.74) is 4.75. The van der Waals surface area contributed by atoms with Gasteiger partial charge in [-0.3, -0.25) is 0 Å². The van der Waals surface area contributed by atoms with Crippen molar-refractivity contribution < 1.29 is 19.0 Å². The van der Waals surface area contributed by atoms with Crippen molar-refractivity contribution >= 4 is 11.7 Å². The van der Waals surface area contributed by atoms with Crippen LogP contribution >= 0.6 is 0 Å². The molecule has 2 heterocycles. The molecule has 1 aliphatic heterocycles. The fourth-order valence-electron chi connectivity index (χ4n) is 4.71. The summed E-state index contributed by atoms with van der Waals surface area (Å²) >= 11 is 0. The second kappa shape index (κ2) is 10.1. The summed E-state index contributed by atoms with van der Waals surface area (Å²) in [7, 11) is 3.16. The molecule has 7 nitrogen and oxygen atoms in total. The Morgan fingerprint density at radius 2 is 1.72 bits per heavy atom. The van der Waals surface area contributed by atoms with E-state index in [0.717, 1.165) is 28.3 Å². The van der Waals surface area contributed by atoms with Crippen molar-refractivity contribution in [3.8, 4) is 22.9 Å². The Labute approximate surface area is 210 Å². The van der Waals surface area contributed by atoms with Crippen LogP contribution in [0.4, 0.5) is 10.5 Å². The molecule has 1 unspecified atom stereocenters. The first-order valence-electron chi connectivity index (χ1n) is 11.9. The van der Waals surface area contributed by atoms with Gasteiger partial charge in [0.05, 0.1) is 39.1 Å². The van der Waals surface area contributed by atoms with E-state index in [4.69, 9.17) is 14.2 Å². The Morgan fingerprint density at radius 1 is 0.944 bits per heavy atom. The number of nitrogens with zero attached hydrogens (tertiary/aromatic N) is 2. The highest BCUT2D eigenvalue weighted by Crippen LogP contribution is 2.38. The van der Waals surface area contributed by atoms with Crippen molar-refractivity contribution in [1.82, 2.24) is 9.47 Å². The summed E-state index contributed by atoms with van der Waals surface area (Å²) in [5.74, 6) is 1.95. The molecule has 0 aliphatic carbocycles. The lowest BCUT2D eigenvalue weighted by molar-refractivity contribution is 0.194. The highest BCUT2D eigenvalue weighted by Gasteiger charge is 2.33. The zero-order chi connectivity index (χ0) is 25.1. The van der Waals surface area contributed by atoms with Crippen LogP contribution in [0.2, 0.25) is 0 Å². The average molecular weight is 484 g/mol. The third-order valence-electron chi connectivity index (χ3n) is 6.37. The van der Waals surface area contributed by atoms with Crippen LogP contribution in [0.1, 0.15) is 29.8 Å². The molecule has 36 heavy (non-hydrogen) atoms. The first-order chi connectivity index (χ1) is 17.6. The van der Waals surface area contributed by atoms with Gasteiger partial charge in [-0.05, 0) is 60.5 Å². The molecule has 1 aliphatic rings. The van der Waals surface area contributed by atoms with Crippen LogP contribution in [-0.4, -0.2) is 36.3 Å². The van der Waals surface area contributed by atoms with Gasteiger partial charge in [0.15, 0.2) is 11.5 Å². The molecule has 1 atom stereocenters. The number of aromatic nitrogens is 1. The maximum atomic E-state index is 13.9. The number of anilines is 1. The van der Waals surface area contributed by atoms with Crippen molar-refractivity contribution in [3.63, 3.8) is 0 Å². The van der Waals surface area contributed by atoms with E-state index in [1.54, 1.807) is 32.4 Å². The van der Waals surface area contributed by atoms with Crippen LogP contribution in [0.15, 0.2) is 85.1 Å². The monoisotopic (exact) mass is 483 g/mol. The van der Waals surface area contributed by atoms with Crippen molar-refractivity contribution in [2.24, 2.45) is 0 Å². The summed E-state index contributed by atoms with van der Waals surface area (Å²) in [6.07, 6.45) is 2.05. The molecule has 1 N–H and O–H groups in total. The summed E-state index contributed by atoms with van der Waals surface area (Å²) in [6.45, 7) is 3.00. The summed E-state index contributed by atoms with van der Waals surface area (Å²) < 4.78 is 18.6. The number of para-hydroxylation sites is 1. The van der Waals surface area contributed by atoms with Crippen LogP contribution < -0.4 is 19.5 Å². The zero-order valence-electron chi connectivity index (χ0n) is 20.6. The molecule has 0 spiro atoms. The topological polar surface area (TPSA) is 65.0 Å². The largest absolute Gasteiger partial charge is 0.494 e. The predicted octanol–water partition coefficient (Wildman–Crippen LogP) is 6.03. The minimum absolute atomic E-state index is 0.217. The predicted molar refractivity (Wildman–Crippen MR) is 139 cm³/mol. The number of carbonyl (C=O) groups excluding carboxylic acids is 1. The lowest BCUT2D eigenvalue weighted by Crippen LogP contribution is -2.37. The molecule has 3 aromatic carbocycles. The van der Waals surface area contributed by atoms with Crippen molar-refractivity contribution in [3.05, 3.63) is 102 Å². The van der Waals surface area contributed by atoms with E-state index in [0.29, 0.717) is 30.3 Å². The molecular weight excluding hydrogens is 454 g/mol. The fourth-order valence-corrected chi connectivity index (χ4v) is 4.71. The van der Waals surface area contributed by atoms with Gasteiger partial charge in [0, 0.05) is 23.6 Å². The smallest absolute Gasteiger partial charge is 0.322 e. The van der Waals surface area contributed by atoms with Gasteiger partial charge in [0.2, 0.25) is 0 Å². The molecule has 1 aromatic heterocycles. The Hall–Kier alpha value is -4.39. The van der Waals surface area contributed by atoms with E-state index in [-0.39, 0.29) is 12.1 Å². The Kier molecular flexibility index (Phi) is 6.54. The molecule has 184 valence electrons. The molecule has 0 fully saturated rings. The molecule has 4 aromatic rings. The standard InChI is InChI=1S/C29H29N3O4/c1-4-36-23-14-11-20(12-15-23)28-25-10-7-17-31(25)24-9-6-5-8-21(24)19-32(28)29(33)30-22-13-16-26(34-2)27(18-22)35-3/h5-18,28H,4,19H2,1-3H3,(H,30,33). The Bertz CT molecular complexity index is 1360. The van der Waals surface area contributed by atoms with Gasteiger partial charge in [-0.2, -0.15) is 0 Å². The van der Waals surface area contributed by atoms with E-state index in [1.807, 2.05) is 60.5 Å². The minimum atomic E-state index is -0.316. The average Bonchev–Trinajstić information content (AvgIpc) is 3.33. The van der Waals surface area contributed by atoms with Crippen LogP contribution in [0.3, 0.4) is 0 Å². The highest BCUT2D eigenvalue weighted by atomic mass is 16.5. The molecule has 0 saturated carbocycles. The first kappa shape index (κ1) is 23.4. The van der Waals surface area contributed by atoms with Gasteiger partial charge in [-0.15, -0.1) is 0 Å². The SMILES string of the molecule is CCOc1ccc(C2c3cccn3-c3ccccc3CN2C(=O)Nc2ccc(OC)c(OC)c2)cc1. The van der Waals surface area contributed by atoms with E-state index in [9.17, 15) is 4.79 Å². The van der Waals surface area contributed by atoms with Gasteiger partial charge in [-0.25, -0.2) is 4.79 Å². The van der Waals surface area contributed by atoms with Gasteiger partial charge in [0.1, 0.15) is 5.75 Å². The lowest BCUT2D eigenvalue weighted by Gasteiger charge is -2.31. The molecule has 5 rings (SSSR count). The molecule has 0 radical (unpaired) electrons. The maximum Gasteiger partial charge on any atom is 0.322 e. The summed E-state index contributed by atoms with van der Waals surface area (Å²) in [5, 5.41) is 3.07. The van der Waals surface area contributed by atoms with Crippen LogP contribution in [0.5, 0.6) is 17.2 Å². The van der Waals surface area contributed by atoms with E-state index < -0.39 is 0 Å². The van der Waals surface area contributed by atoms with Crippen molar-refractivity contribution in [2.45, 2.75) is 19.5 Å². The number of hydrogen-bond donors (Lipinski definition) is 1. The maximum absolute atomic E-state index is 13.9. The molecular formula is C29H29N3O4. The number of ether oxygens (including phenoxy) is 3. The number of nitrogens with one attached hydrogen (secondary N) is 1. The molecule has 0 bridgehead atoms. The number of urea groups is 1. The van der Waals surface area contributed by atoms with Crippen LogP contribution in [0, 0.1) is 0 Å². The first-order valence-corrected chi connectivity index (χ1v) is 11.9. The fraction of sp³-hybridized carbons (Fsp3) is 0.207. The van der Waals surface area contributed by atoms with Crippen molar-refractivity contribution in [1.29, 1.82) is 0 Å². The Morgan fingerprint density at radius 3 is 2.47 bits per heavy atom. The van der Waals surface area contributed by atoms with Crippen LogP contribution in [-0.2, 0) is 6.54 Å². The quantitative estimate of drug-likeness (QED) is 0.364. The highest BCUT2D eigenvalue weighted by molar-refractivity contribution is 5.90. The second-order valence-electron chi connectivity index (χ2n) is 8.46. The lowest BCUT2D eigenvalue weighted by atomic mass is 10.0. The number of rotatable bonds is 6. The van der Waals surface area contributed by atoms with Gasteiger partial charge in [0.25, 0.3) is 0 Å². The molecule has 0 saturated heterocycles. The number of benzene rings is 3. The molecule has 7 heteroatoms. The summed E-state index contributed by atoms with van der Waals surface area (Å²) in [4.78, 5) is 15.7. The normalized spacial score (nSPS) is 14.3. The number of hydrogen-bond acceptors (Lipinski definition) is 4. The number of amides is 2. The third-order valence-corrected chi connectivity index (χ3v) is 6.37. The van der Waals surface area contributed by atoms with Crippen molar-refractivity contribution in [2.75, 3.05) is 26.1 Å². The number of carbonyl (C=O) groups is 1. The zero-order valence-corrected chi connectivity index (χ0v) is 20.6.